The van der Waals surface area contributed by atoms with Crippen molar-refractivity contribution in [3.63, 3.8) is 0 Å². The van der Waals surface area contributed by atoms with E-state index in [1.807, 2.05) is 0 Å². The van der Waals surface area contributed by atoms with Crippen molar-refractivity contribution in [2.45, 2.75) is 18.9 Å². The van der Waals surface area contributed by atoms with Crippen LogP contribution >= 0.6 is 11.6 Å². The van der Waals surface area contributed by atoms with Crippen molar-refractivity contribution in [3.05, 3.63) is 34.9 Å². The van der Waals surface area contributed by atoms with Crippen LogP contribution in [0.2, 0.25) is 5.02 Å². The monoisotopic (exact) mass is 285 g/mol. The van der Waals surface area contributed by atoms with Gasteiger partial charge >= 0.3 is 5.97 Å². The number of nitrogens with one attached hydrogen (secondary N) is 1. The molecule has 1 unspecified atom stereocenters. The Hall–Kier alpha value is -1.59. The number of benzene rings is 1. The summed E-state index contributed by atoms with van der Waals surface area (Å²) in [6.07, 6.45) is 0.0626. The Labute approximate surface area is 116 Å². The summed E-state index contributed by atoms with van der Waals surface area (Å²) < 4.78 is 4.82. The second-order valence-electron chi connectivity index (χ2n) is 4.43. The number of methoxy groups -OCH3 is 1. The number of hydrogen-bond donors (Lipinski definition) is 2. The van der Waals surface area contributed by atoms with E-state index in [1.165, 1.54) is 14.0 Å². The minimum Gasteiger partial charge on any atom is -0.479 e. The SMILES string of the molecule is COCC(C)(NC(=O)Cc1cccc(Cl)c1)C(=O)O. The number of halogens is 1. The molecule has 1 amide bonds. The first-order valence-electron chi connectivity index (χ1n) is 5.65. The second-order valence-corrected chi connectivity index (χ2v) is 4.86. The molecule has 0 aromatic heterocycles. The zero-order valence-electron chi connectivity index (χ0n) is 10.8. The van der Waals surface area contributed by atoms with Gasteiger partial charge in [-0.25, -0.2) is 4.79 Å². The van der Waals surface area contributed by atoms with Gasteiger partial charge in [-0.3, -0.25) is 4.79 Å². The number of carboxylic acids is 1. The third kappa shape index (κ3) is 4.54. The van der Waals surface area contributed by atoms with Crippen molar-refractivity contribution >= 4 is 23.5 Å². The van der Waals surface area contributed by atoms with E-state index in [1.54, 1.807) is 24.3 Å². The van der Waals surface area contributed by atoms with Crippen LogP contribution in [0.5, 0.6) is 0 Å². The van der Waals surface area contributed by atoms with Gasteiger partial charge < -0.3 is 15.2 Å². The van der Waals surface area contributed by atoms with Crippen LogP contribution in [-0.4, -0.2) is 36.2 Å². The quantitative estimate of drug-likeness (QED) is 0.830. The van der Waals surface area contributed by atoms with E-state index in [0.29, 0.717) is 5.02 Å². The maximum Gasteiger partial charge on any atom is 0.331 e. The molecule has 0 saturated heterocycles. The van der Waals surface area contributed by atoms with Gasteiger partial charge in [0.1, 0.15) is 0 Å². The third-order valence-corrected chi connectivity index (χ3v) is 2.81. The van der Waals surface area contributed by atoms with Crippen LogP contribution in [0, 0.1) is 0 Å². The summed E-state index contributed by atoms with van der Waals surface area (Å²) in [5.41, 5.74) is -0.722. The summed E-state index contributed by atoms with van der Waals surface area (Å²) in [5.74, 6) is -1.54. The highest BCUT2D eigenvalue weighted by Gasteiger charge is 2.34. The smallest absolute Gasteiger partial charge is 0.331 e. The van der Waals surface area contributed by atoms with Crippen LogP contribution < -0.4 is 5.32 Å². The zero-order chi connectivity index (χ0) is 14.5. The Bertz CT molecular complexity index is 477. The van der Waals surface area contributed by atoms with Crippen LogP contribution in [0.25, 0.3) is 0 Å². The Morgan fingerprint density at radius 3 is 2.68 bits per heavy atom. The molecule has 2 N–H and O–H groups in total. The molecule has 6 heteroatoms. The molecule has 1 atom stereocenters. The average Bonchev–Trinajstić information content (AvgIpc) is 2.28. The number of rotatable bonds is 6. The molecule has 0 heterocycles. The van der Waals surface area contributed by atoms with Gasteiger partial charge in [-0.05, 0) is 24.6 Å². The Balaban J connectivity index is 2.71. The Morgan fingerprint density at radius 2 is 2.16 bits per heavy atom. The first-order valence-corrected chi connectivity index (χ1v) is 6.03. The number of ether oxygens (including phenoxy) is 1. The first kappa shape index (κ1) is 15.5. The number of carbonyl (C=O) groups excluding carboxylic acids is 1. The topological polar surface area (TPSA) is 75.6 Å². The van der Waals surface area contributed by atoms with Crippen LogP contribution in [0.4, 0.5) is 0 Å². The molecule has 0 radical (unpaired) electrons. The third-order valence-electron chi connectivity index (χ3n) is 2.57. The predicted molar refractivity (Wildman–Crippen MR) is 71.2 cm³/mol. The van der Waals surface area contributed by atoms with Crippen molar-refractivity contribution < 1.29 is 19.4 Å². The molecular formula is C13H16ClNO4. The maximum absolute atomic E-state index is 11.8. The van der Waals surface area contributed by atoms with Gasteiger partial charge in [0.2, 0.25) is 5.91 Å². The van der Waals surface area contributed by atoms with E-state index in [4.69, 9.17) is 21.4 Å². The fourth-order valence-corrected chi connectivity index (χ4v) is 1.84. The highest BCUT2D eigenvalue weighted by Crippen LogP contribution is 2.12. The van der Waals surface area contributed by atoms with Crippen molar-refractivity contribution in [2.24, 2.45) is 0 Å². The fourth-order valence-electron chi connectivity index (χ4n) is 1.62. The van der Waals surface area contributed by atoms with Gasteiger partial charge in [-0.2, -0.15) is 0 Å². The van der Waals surface area contributed by atoms with E-state index in [0.717, 1.165) is 5.56 Å². The molecule has 0 saturated carbocycles. The van der Waals surface area contributed by atoms with Crippen molar-refractivity contribution in [3.8, 4) is 0 Å². The molecule has 1 aromatic rings. The van der Waals surface area contributed by atoms with Crippen molar-refractivity contribution in [1.82, 2.24) is 5.32 Å². The zero-order valence-corrected chi connectivity index (χ0v) is 11.5. The van der Waals surface area contributed by atoms with Crippen LogP contribution in [0.1, 0.15) is 12.5 Å². The lowest BCUT2D eigenvalue weighted by Crippen LogP contribution is -2.55. The summed E-state index contributed by atoms with van der Waals surface area (Å²) >= 11 is 5.82. The van der Waals surface area contributed by atoms with E-state index in [2.05, 4.69) is 5.32 Å². The minimum absolute atomic E-state index is 0.0626. The second kappa shape index (κ2) is 6.54. The van der Waals surface area contributed by atoms with E-state index < -0.39 is 17.4 Å². The van der Waals surface area contributed by atoms with E-state index in [-0.39, 0.29) is 13.0 Å². The van der Waals surface area contributed by atoms with Gasteiger partial charge in [0.25, 0.3) is 0 Å². The molecule has 1 aromatic carbocycles. The van der Waals surface area contributed by atoms with Crippen LogP contribution in [-0.2, 0) is 20.7 Å². The summed E-state index contributed by atoms with van der Waals surface area (Å²) in [5, 5.41) is 12.1. The standard InChI is InChI=1S/C13H16ClNO4/c1-13(8-19-2,12(17)18)15-11(16)7-9-4-3-5-10(14)6-9/h3-6H,7-8H2,1-2H3,(H,15,16)(H,17,18). The molecule has 104 valence electrons. The molecule has 0 aliphatic rings. The number of amides is 1. The Kier molecular flexibility index (Phi) is 5.32. The lowest BCUT2D eigenvalue weighted by atomic mass is 10.0. The van der Waals surface area contributed by atoms with E-state index >= 15 is 0 Å². The normalized spacial score (nSPS) is 13.6. The van der Waals surface area contributed by atoms with Gasteiger partial charge in [0, 0.05) is 12.1 Å². The largest absolute Gasteiger partial charge is 0.479 e. The number of carboxylic acid groups (broad SMARTS) is 1. The van der Waals surface area contributed by atoms with Gasteiger partial charge in [0.05, 0.1) is 13.0 Å². The lowest BCUT2D eigenvalue weighted by Gasteiger charge is -2.25. The lowest BCUT2D eigenvalue weighted by molar-refractivity contribution is -0.149. The van der Waals surface area contributed by atoms with Gasteiger partial charge in [-0.1, -0.05) is 23.7 Å². The number of carbonyl (C=O) groups is 2. The minimum atomic E-state index is -1.44. The average molecular weight is 286 g/mol. The highest BCUT2D eigenvalue weighted by atomic mass is 35.5. The number of hydrogen-bond acceptors (Lipinski definition) is 3. The molecule has 0 fully saturated rings. The summed E-state index contributed by atoms with van der Waals surface area (Å²) in [6.45, 7) is 1.29. The highest BCUT2D eigenvalue weighted by molar-refractivity contribution is 6.30. The molecule has 0 spiro atoms. The molecule has 0 aliphatic carbocycles. The molecular weight excluding hydrogens is 270 g/mol. The van der Waals surface area contributed by atoms with Crippen molar-refractivity contribution in [1.29, 1.82) is 0 Å². The van der Waals surface area contributed by atoms with Crippen molar-refractivity contribution in [2.75, 3.05) is 13.7 Å². The summed E-state index contributed by atoms with van der Waals surface area (Å²) in [7, 11) is 1.38. The maximum atomic E-state index is 11.8. The molecule has 0 bridgehead atoms. The van der Waals surface area contributed by atoms with Crippen LogP contribution in [0.15, 0.2) is 24.3 Å². The van der Waals surface area contributed by atoms with Gasteiger partial charge in [0.15, 0.2) is 5.54 Å². The molecule has 0 aliphatic heterocycles. The van der Waals surface area contributed by atoms with Crippen LogP contribution in [0.3, 0.4) is 0 Å². The van der Waals surface area contributed by atoms with Gasteiger partial charge in [-0.15, -0.1) is 0 Å². The molecule has 1 rings (SSSR count). The summed E-state index contributed by atoms with van der Waals surface area (Å²) in [4.78, 5) is 23.0. The predicted octanol–water partition coefficient (Wildman–Crippen LogP) is 1.49. The first-order chi connectivity index (χ1) is 8.87. The molecule has 19 heavy (non-hydrogen) atoms. The summed E-state index contributed by atoms with van der Waals surface area (Å²) in [6, 6.07) is 6.85. The molecule has 5 nitrogen and oxygen atoms in total. The fraction of sp³-hybridized carbons (Fsp3) is 0.385. The van der Waals surface area contributed by atoms with E-state index in [9.17, 15) is 9.59 Å². The Morgan fingerprint density at radius 1 is 1.47 bits per heavy atom. The number of aliphatic carboxylic acids is 1.